The molecule has 1 aliphatic rings. The van der Waals surface area contributed by atoms with Crippen molar-refractivity contribution in [1.29, 1.82) is 0 Å². The molecule has 0 aromatic carbocycles. The molecule has 1 saturated heterocycles. The van der Waals surface area contributed by atoms with Crippen LogP contribution >= 0.6 is 37.2 Å². The highest BCUT2D eigenvalue weighted by atomic mass is 35.5. The van der Waals surface area contributed by atoms with E-state index in [0.29, 0.717) is 0 Å². The number of hydrazine groups is 1. The Labute approximate surface area is 98.2 Å². The second kappa shape index (κ2) is 12.7. The first-order valence-electron chi connectivity index (χ1n) is 3.80. The third-order valence-electron chi connectivity index (χ3n) is 1.78. The molecule has 84 valence electrons. The minimum atomic E-state index is 0. The molecule has 1 aliphatic heterocycles. The van der Waals surface area contributed by atoms with Crippen LogP contribution in [0.3, 0.4) is 0 Å². The fourth-order valence-corrected chi connectivity index (χ4v) is 1.16. The monoisotopic (exact) mass is 252 g/mol. The van der Waals surface area contributed by atoms with Crippen molar-refractivity contribution in [3.63, 3.8) is 0 Å². The van der Waals surface area contributed by atoms with E-state index in [-0.39, 0.29) is 37.2 Å². The quantitative estimate of drug-likeness (QED) is 0.474. The summed E-state index contributed by atoms with van der Waals surface area (Å²) in [6.45, 7) is 6.50. The standard InChI is InChI=1S/C6H16N4.3ClH/c7-9-3-6-10-4-1-8-2-5-10;;;/h8-9H,1-7H2;3*1H. The summed E-state index contributed by atoms with van der Waals surface area (Å²) in [6, 6.07) is 0. The number of nitrogens with one attached hydrogen (secondary N) is 2. The molecule has 0 unspecified atom stereocenters. The summed E-state index contributed by atoms with van der Waals surface area (Å²) in [5.74, 6) is 5.15. The fourth-order valence-electron chi connectivity index (χ4n) is 1.16. The van der Waals surface area contributed by atoms with Gasteiger partial charge in [0.15, 0.2) is 0 Å². The lowest BCUT2D eigenvalue weighted by Crippen LogP contribution is -2.46. The summed E-state index contributed by atoms with van der Waals surface area (Å²) >= 11 is 0. The highest BCUT2D eigenvalue weighted by Crippen LogP contribution is 1.88. The maximum atomic E-state index is 5.15. The molecular formula is C6H19Cl3N4. The van der Waals surface area contributed by atoms with Gasteiger partial charge in [0, 0.05) is 39.3 Å². The molecule has 7 heteroatoms. The molecule has 0 saturated carbocycles. The Hall–Kier alpha value is 0.710. The average molecular weight is 254 g/mol. The van der Waals surface area contributed by atoms with Gasteiger partial charge in [0.25, 0.3) is 0 Å². The number of nitrogens with two attached hydrogens (primary N) is 1. The maximum Gasteiger partial charge on any atom is 0.0225 e. The van der Waals surface area contributed by atoms with Gasteiger partial charge in [-0.15, -0.1) is 37.2 Å². The summed E-state index contributed by atoms with van der Waals surface area (Å²) in [6.07, 6.45) is 0. The molecule has 0 radical (unpaired) electrons. The zero-order valence-corrected chi connectivity index (χ0v) is 9.94. The summed E-state index contributed by atoms with van der Waals surface area (Å²) < 4.78 is 0. The molecule has 13 heavy (non-hydrogen) atoms. The van der Waals surface area contributed by atoms with Crippen LogP contribution in [0.25, 0.3) is 0 Å². The van der Waals surface area contributed by atoms with Crippen molar-refractivity contribution in [3.8, 4) is 0 Å². The van der Waals surface area contributed by atoms with Gasteiger partial charge in [-0.2, -0.15) is 0 Å². The predicted molar refractivity (Wildman–Crippen MR) is 63.2 cm³/mol. The number of piperazine rings is 1. The highest BCUT2D eigenvalue weighted by Gasteiger charge is 2.07. The summed E-state index contributed by atoms with van der Waals surface area (Å²) in [5.41, 5.74) is 2.65. The van der Waals surface area contributed by atoms with Crippen molar-refractivity contribution in [1.82, 2.24) is 15.6 Å². The molecule has 0 atom stereocenters. The first-order valence-corrected chi connectivity index (χ1v) is 3.80. The Morgan fingerprint density at radius 2 is 1.69 bits per heavy atom. The molecule has 1 fully saturated rings. The number of hydrogen-bond donors (Lipinski definition) is 3. The van der Waals surface area contributed by atoms with Crippen molar-refractivity contribution in [2.24, 2.45) is 5.84 Å². The molecule has 4 nitrogen and oxygen atoms in total. The van der Waals surface area contributed by atoms with Crippen molar-refractivity contribution >= 4 is 37.2 Å². The van der Waals surface area contributed by atoms with Gasteiger partial charge in [0.1, 0.15) is 0 Å². The van der Waals surface area contributed by atoms with Crippen LogP contribution in [0.15, 0.2) is 0 Å². The lowest BCUT2D eigenvalue weighted by molar-refractivity contribution is 0.241. The Balaban J connectivity index is -0.000000333. The highest BCUT2D eigenvalue weighted by molar-refractivity contribution is 5.86. The second-order valence-electron chi connectivity index (χ2n) is 2.55. The first kappa shape index (κ1) is 19.3. The third-order valence-corrected chi connectivity index (χ3v) is 1.78. The Kier molecular flexibility index (Phi) is 18.9. The van der Waals surface area contributed by atoms with Gasteiger partial charge in [-0.05, 0) is 0 Å². The second-order valence-corrected chi connectivity index (χ2v) is 2.55. The molecule has 1 heterocycles. The number of rotatable bonds is 3. The van der Waals surface area contributed by atoms with Crippen LogP contribution in [0.4, 0.5) is 0 Å². The average Bonchev–Trinajstić information content (AvgIpc) is 2.03. The van der Waals surface area contributed by atoms with Crippen LogP contribution in [0, 0.1) is 0 Å². The van der Waals surface area contributed by atoms with Gasteiger partial charge in [-0.3, -0.25) is 16.2 Å². The van der Waals surface area contributed by atoms with E-state index in [2.05, 4.69) is 15.6 Å². The van der Waals surface area contributed by atoms with Crippen molar-refractivity contribution < 1.29 is 0 Å². The van der Waals surface area contributed by atoms with Gasteiger partial charge in [-0.1, -0.05) is 0 Å². The Bertz CT molecular complexity index is 89.9. The molecular weight excluding hydrogens is 234 g/mol. The zero-order chi connectivity index (χ0) is 7.23. The lowest BCUT2D eigenvalue weighted by Gasteiger charge is -2.26. The summed E-state index contributed by atoms with van der Waals surface area (Å²) in [5, 5.41) is 3.30. The fraction of sp³-hybridized carbons (Fsp3) is 1.00. The van der Waals surface area contributed by atoms with Crippen molar-refractivity contribution in [2.45, 2.75) is 0 Å². The molecule has 0 bridgehead atoms. The molecule has 0 aliphatic carbocycles. The van der Waals surface area contributed by atoms with E-state index < -0.39 is 0 Å². The summed E-state index contributed by atoms with van der Waals surface area (Å²) in [7, 11) is 0. The molecule has 0 amide bonds. The SMILES string of the molecule is Cl.Cl.Cl.NNCCN1CCNCC1. The van der Waals surface area contributed by atoms with Crippen LogP contribution < -0.4 is 16.6 Å². The molecule has 0 aromatic heterocycles. The first-order chi connectivity index (χ1) is 4.93. The van der Waals surface area contributed by atoms with E-state index in [9.17, 15) is 0 Å². The largest absolute Gasteiger partial charge is 0.314 e. The van der Waals surface area contributed by atoms with E-state index in [1.807, 2.05) is 0 Å². The van der Waals surface area contributed by atoms with Crippen LogP contribution in [0.5, 0.6) is 0 Å². The number of halogens is 3. The third kappa shape index (κ3) is 9.02. The predicted octanol–water partition coefficient (Wildman–Crippen LogP) is -0.380. The lowest BCUT2D eigenvalue weighted by atomic mass is 10.3. The zero-order valence-electron chi connectivity index (χ0n) is 7.49. The van der Waals surface area contributed by atoms with E-state index in [0.717, 1.165) is 39.3 Å². The van der Waals surface area contributed by atoms with Crippen molar-refractivity contribution in [2.75, 3.05) is 39.3 Å². The molecule has 0 spiro atoms. The molecule has 4 N–H and O–H groups in total. The van der Waals surface area contributed by atoms with Gasteiger partial charge in [0.2, 0.25) is 0 Å². The van der Waals surface area contributed by atoms with Gasteiger partial charge in [0.05, 0.1) is 0 Å². The van der Waals surface area contributed by atoms with E-state index in [4.69, 9.17) is 5.84 Å². The summed E-state index contributed by atoms with van der Waals surface area (Å²) in [4.78, 5) is 2.40. The van der Waals surface area contributed by atoms with E-state index in [1.54, 1.807) is 0 Å². The van der Waals surface area contributed by atoms with Crippen LogP contribution in [0.2, 0.25) is 0 Å². The van der Waals surface area contributed by atoms with Crippen LogP contribution in [-0.4, -0.2) is 44.2 Å². The van der Waals surface area contributed by atoms with E-state index >= 15 is 0 Å². The van der Waals surface area contributed by atoms with Crippen molar-refractivity contribution in [3.05, 3.63) is 0 Å². The molecule has 0 aromatic rings. The number of nitrogens with zero attached hydrogens (tertiary/aromatic N) is 1. The molecule has 1 rings (SSSR count). The van der Waals surface area contributed by atoms with Gasteiger partial charge >= 0.3 is 0 Å². The number of hydrogen-bond acceptors (Lipinski definition) is 4. The smallest absolute Gasteiger partial charge is 0.0225 e. The van der Waals surface area contributed by atoms with Crippen LogP contribution in [-0.2, 0) is 0 Å². The maximum absolute atomic E-state index is 5.15. The van der Waals surface area contributed by atoms with Gasteiger partial charge in [-0.25, -0.2) is 0 Å². The Morgan fingerprint density at radius 3 is 2.15 bits per heavy atom. The van der Waals surface area contributed by atoms with E-state index in [1.165, 1.54) is 0 Å². The Morgan fingerprint density at radius 1 is 1.15 bits per heavy atom. The minimum Gasteiger partial charge on any atom is -0.314 e. The van der Waals surface area contributed by atoms with Gasteiger partial charge < -0.3 is 5.32 Å². The van der Waals surface area contributed by atoms with Crippen LogP contribution in [0.1, 0.15) is 0 Å². The topological polar surface area (TPSA) is 53.3 Å². The normalized spacial score (nSPS) is 16.4. The minimum absolute atomic E-state index is 0.